The Bertz CT molecular complexity index is 702. The number of nitrogens with one attached hydrogen (secondary N) is 1. The van der Waals surface area contributed by atoms with Gasteiger partial charge >= 0.3 is 6.09 Å². The maximum Gasteiger partial charge on any atom is 0.427 e. The molecule has 1 heterocycles. The van der Waals surface area contributed by atoms with E-state index in [4.69, 9.17) is 4.74 Å². The van der Waals surface area contributed by atoms with Crippen molar-refractivity contribution in [1.29, 1.82) is 0 Å². The van der Waals surface area contributed by atoms with Crippen LogP contribution < -0.4 is 5.43 Å². The van der Waals surface area contributed by atoms with Gasteiger partial charge in [0, 0.05) is 11.3 Å². The molecule has 0 aliphatic heterocycles. The van der Waals surface area contributed by atoms with Gasteiger partial charge in [0.25, 0.3) is 0 Å². The Balaban J connectivity index is 2.11. The predicted octanol–water partition coefficient (Wildman–Crippen LogP) is 2.94. The highest BCUT2D eigenvalue weighted by Crippen LogP contribution is 2.13. The maximum atomic E-state index is 11.2. The van der Waals surface area contributed by atoms with E-state index >= 15 is 0 Å². The Labute approximate surface area is 136 Å². The Morgan fingerprint density at radius 1 is 1.30 bits per heavy atom. The molecule has 1 aromatic heterocycles. The second-order valence-electron chi connectivity index (χ2n) is 5.32. The molecule has 0 bridgehead atoms. The van der Waals surface area contributed by atoms with Gasteiger partial charge in [-0.05, 0) is 33.3 Å². The summed E-state index contributed by atoms with van der Waals surface area (Å²) >= 11 is 0. The third-order valence-electron chi connectivity index (χ3n) is 3.52. The second kappa shape index (κ2) is 7.58. The normalized spacial score (nSPS) is 11.0. The average Bonchev–Trinajstić information content (AvgIpc) is 2.77. The maximum absolute atomic E-state index is 11.2. The van der Waals surface area contributed by atoms with Gasteiger partial charge in [0.2, 0.25) is 0 Å². The fourth-order valence-corrected chi connectivity index (χ4v) is 2.23. The highest BCUT2D eigenvalue weighted by atomic mass is 16.5. The van der Waals surface area contributed by atoms with E-state index in [1.807, 2.05) is 18.5 Å². The van der Waals surface area contributed by atoms with Gasteiger partial charge in [0.15, 0.2) is 0 Å². The van der Waals surface area contributed by atoms with Crippen molar-refractivity contribution in [1.82, 2.24) is 15.2 Å². The van der Waals surface area contributed by atoms with Crippen molar-refractivity contribution >= 4 is 12.3 Å². The molecule has 1 N–H and O–H groups in total. The summed E-state index contributed by atoms with van der Waals surface area (Å²) in [6, 6.07) is 8.38. The van der Waals surface area contributed by atoms with Crippen LogP contribution in [0.3, 0.4) is 0 Å². The van der Waals surface area contributed by atoms with Crippen molar-refractivity contribution in [3.8, 4) is 0 Å². The first kappa shape index (κ1) is 16.7. The highest BCUT2D eigenvalue weighted by Gasteiger charge is 2.10. The molecule has 1 aromatic carbocycles. The van der Waals surface area contributed by atoms with Crippen molar-refractivity contribution in [2.24, 2.45) is 5.10 Å². The number of ether oxygens (including phenoxy) is 1. The molecule has 0 radical (unpaired) electrons. The number of hydrogen-bond donors (Lipinski definition) is 1. The molecular weight excluding hydrogens is 292 g/mol. The molecule has 0 unspecified atom stereocenters. The molecule has 0 aliphatic rings. The quantitative estimate of drug-likeness (QED) is 0.681. The minimum atomic E-state index is -0.564. The van der Waals surface area contributed by atoms with Crippen LogP contribution in [-0.4, -0.2) is 28.7 Å². The smallest absolute Gasteiger partial charge is 0.427 e. The average molecular weight is 314 g/mol. The van der Waals surface area contributed by atoms with Gasteiger partial charge < -0.3 is 4.74 Å². The highest BCUT2D eigenvalue weighted by molar-refractivity contribution is 5.83. The summed E-state index contributed by atoms with van der Waals surface area (Å²) in [5.74, 6) is 0. The summed E-state index contributed by atoms with van der Waals surface area (Å²) in [6.07, 6.45) is 1.03. The molecule has 6 nitrogen and oxygen atoms in total. The predicted molar refractivity (Wildman–Crippen MR) is 89.7 cm³/mol. The zero-order valence-electron chi connectivity index (χ0n) is 14.0. The molecule has 1 amide bonds. The lowest BCUT2D eigenvalue weighted by Crippen LogP contribution is -2.18. The number of carbonyl (C=O) groups is 1. The van der Waals surface area contributed by atoms with Crippen LogP contribution in [0.1, 0.15) is 35.0 Å². The van der Waals surface area contributed by atoms with Crippen molar-refractivity contribution < 1.29 is 9.53 Å². The Kier molecular flexibility index (Phi) is 5.51. The molecule has 2 rings (SSSR count). The number of aromatic nitrogens is 2. The summed E-state index contributed by atoms with van der Waals surface area (Å²) in [4.78, 5) is 11.2. The topological polar surface area (TPSA) is 68.5 Å². The van der Waals surface area contributed by atoms with E-state index in [2.05, 4.69) is 46.8 Å². The Hall–Kier alpha value is -2.63. The fourth-order valence-electron chi connectivity index (χ4n) is 2.23. The lowest BCUT2D eigenvalue weighted by Gasteiger charge is -2.05. The molecule has 0 atom stereocenters. The van der Waals surface area contributed by atoms with Crippen LogP contribution in [0.4, 0.5) is 4.79 Å². The van der Waals surface area contributed by atoms with E-state index < -0.39 is 6.09 Å². The van der Waals surface area contributed by atoms with E-state index in [-0.39, 0.29) is 0 Å². The largest absolute Gasteiger partial charge is 0.449 e. The zero-order chi connectivity index (χ0) is 16.8. The summed E-state index contributed by atoms with van der Waals surface area (Å²) < 4.78 is 6.69. The Morgan fingerprint density at radius 3 is 2.65 bits per heavy atom. The van der Waals surface area contributed by atoms with Crippen molar-refractivity contribution in [2.45, 2.75) is 34.2 Å². The number of hydrazone groups is 1. The molecule has 0 saturated heterocycles. The lowest BCUT2D eigenvalue weighted by molar-refractivity contribution is 0.152. The third-order valence-corrected chi connectivity index (χ3v) is 3.52. The molecule has 2 aromatic rings. The van der Waals surface area contributed by atoms with Gasteiger partial charge in [-0.3, -0.25) is 4.68 Å². The van der Waals surface area contributed by atoms with Crippen LogP contribution in [0, 0.1) is 20.8 Å². The van der Waals surface area contributed by atoms with Gasteiger partial charge in [-0.15, -0.1) is 0 Å². The summed E-state index contributed by atoms with van der Waals surface area (Å²) in [6.45, 7) is 8.73. The van der Waals surface area contributed by atoms with Crippen molar-refractivity contribution in [3.05, 3.63) is 52.3 Å². The SMILES string of the molecule is CCOC(=O)N/N=C\c1c(C)nn(Cc2ccc(C)cc2)c1C. The van der Waals surface area contributed by atoms with Gasteiger partial charge in [0.05, 0.1) is 25.1 Å². The van der Waals surface area contributed by atoms with E-state index in [0.717, 1.165) is 17.0 Å². The minimum absolute atomic E-state index is 0.313. The minimum Gasteiger partial charge on any atom is -0.449 e. The summed E-state index contributed by atoms with van der Waals surface area (Å²) in [7, 11) is 0. The van der Waals surface area contributed by atoms with Crippen molar-refractivity contribution in [2.75, 3.05) is 6.61 Å². The third kappa shape index (κ3) is 4.42. The number of benzene rings is 1. The number of aryl methyl sites for hydroxylation is 2. The van der Waals surface area contributed by atoms with Gasteiger partial charge in [-0.2, -0.15) is 10.2 Å². The van der Waals surface area contributed by atoms with Gasteiger partial charge in [-0.25, -0.2) is 10.2 Å². The molecular formula is C17H22N4O2. The molecule has 0 saturated carbocycles. The Morgan fingerprint density at radius 2 is 2.00 bits per heavy atom. The van der Waals surface area contributed by atoms with Crippen LogP contribution in [0.5, 0.6) is 0 Å². The zero-order valence-corrected chi connectivity index (χ0v) is 14.0. The van der Waals surface area contributed by atoms with E-state index in [0.29, 0.717) is 13.2 Å². The number of rotatable bonds is 5. The number of amides is 1. The number of nitrogens with zero attached hydrogens (tertiary/aromatic N) is 3. The van der Waals surface area contributed by atoms with Gasteiger partial charge in [-0.1, -0.05) is 29.8 Å². The van der Waals surface area contributed by atoms with Gasteiger partial charge in [0.1, 0.15) is 0 Å². The standard InChI is InChI=1S/C17H22N4O2/c1-5-23-17(22)19-18-10-16-13(3)20-21(14(16)4)11-15-8-6-12(2)7-9-15/h6-10H,5,11H2,1-4H3,(H,19,22)/b18-10-. The molecule has 0 fully saturated rings. The molecule has 0 spiro atoms. The molecule has 23 heavy (non-hydrogen) atoms. The van der Waals surface area contributed by atoms with Crippen LogP contribution in [0.15, 0.2) is 29.4 Å². The van der Waals surface area contributed by atoms with Crippen molar-refractivity contribution in [3.63, 3.8) is 0 Å². The fraction of sp³-hybridized carbons (Fsp3) is 0.353. The summed E-state index contributed by atoms with van der Waals surface area (Å²) in [5.41, 5.74) is 7.51. The summed E-state index contributed by atoms with van der Waals surface area (Å²) in [5, 5.41) is 8.45. The van der Waals surface area contributed by atoms with E-state index in [9.17, 15) is 4.79 Å². The second-order valence-corrected chi connectivity index (χ2v) is 5.32. The van der Waals surface area contributed by atoms with Crippen LogP contribution in [0.25, 0.3) is 0 Å². The first-order valence-corrected chi connectivity index (χ1v) is 7.56. The van der Waals surface area contributed by atoms with Crippen LogP contribution in [0.2, 0.25) is 0 Å². The van der Waals surface area contributed by atoms with Crippen LogP contribution in [-0.2, 0) is 11.3 Å². The van der Waals surface area contributed by atoms with E-state index in [1.54, 1.807) is 13.1 Å². The van der Waals surface area contributed by atoms with E-state index in [1.165, 1.54) is 11.1 Å². The number of hydrogen-bond acceptors (Lipinski definition) is 4. The lowest BCUT2D eigenvalue weighted by atomic mass is 10.1. The number of carbonyl (C=O) groups excluding carboxylic acids is 1. The molecule has 0 aliphatic carbocycles. The first-order chi connectivity index (χ1) is 11.0. The first-order valence-electron chi connectivity index (χ1n) is 7.56. The molecule has 6 heteroatoms. The van der Waals surface area contributed by atoms with Crippen LogP contribution >= 0.6 is 0 Å². The monoisotopic (exact) mass is 314 g/mol. The molecule has 122 valence electrons.